The van der Waals surface area contributed by atoms with Crippen molar-refractivity contribution in [2.24, 2.45) is 0 Å². The van der Waals surface area contributed by atoms with Gasteiger partial charge in [-0.15, -0.1) is 0 Å². The van der Waals surface area contributed by atoms with E-state index in [-0.39, 0.29) is 18.0 Å². The van der Waals surface area contributed by atoms with Gasteiger partial charge in [0, 0.05) is 23.6 Å². The molecule has 1 aromatic rings. The highest BCUT2D eigenvalue weighted by atomic mass is 79.9. The average molecular weight is 397 g/mol. The van der Waals surface area contributed by atoms with Crippen molar-refractivity contribution in [2.75, 3.05) is 13.1 Å². The molecule has 1 aliphatic heterocycles. The Kier molecular flexibility index (Phi) is 6.27. The van der Waals surface area contributed by atoms with Gasteiger partial charge in [-0.1, -0.05) is 12.1 Å². The Bertz CT molecular complexity index is 598. The molecular weight excluding hydrogens is 372 g/mol. The Balaban J connectivity index is 1.90. The summed E-state index contributed by atoms with van der Waals surface area (Å²) in [6.45, 7) is 6.85. The molecule has 1 heterocycles. The van der Waals surface area contributed by atoms with Crippen molar-refractivity contribution in [3.63, 3.8) is 0 Å². The first kappa shape index (κ1) is 18.8. The molecule has 0 saturated carbocycles. The lowest BCUT2D eigenvalue weighted by Crippen LogP contribution is -2.39. The SMILES string of the molecule is CC(C)(C)OC(=O)N1CCCC(NC(=O)c2ccccc2Br)CC1. The number of nitrogens with one attached hydrogen (secondary N) is 1. The van der Waals surface area contributed by atoms with E-state index in [1.807, 2.05) is 39.0 Å². The Morgan fingerprint density at radius 2 is 1.92 bits per heavy atom. The van der Waals surface area contributed by atoms with Crippen LogP contribution in [0.5, 0.6) is 0 Å². The number of hydrogen-bond acceptors (Lipinski definition) is 3. The zero-order valence-electron chi connectivity index (χ0n) is 14.5. The van der Waals surface area contributed by atoms with Crippen molar-refractivity contribution >= 4 is 27.9 Å². The summed E-state index contributed by atoms with van der Waals surface area (Å²) in [6.07, 6.45) is 2.16. The van der Waals surface area contributed by atoms with Crippen molar-refractivity contribution in [3.05, 3.63) is 34.3 Å². The van der Waals surface area contributed by atoms with Crippen LogP contribution in [0.2, 0.25) is 0 Å². The third-order valence-electron chi connectivity index (χ3n) is 3.83. The van der Waals surface area contributed by atoms with Gasteiger partial charge in [-0.25, -0.2) is 4.79 Å². The minimum absolute atomic E-state index is 0.0667. The lowest BCUT2D eigenvalue weighted by Gasteiger charge is -2.26. The van der Waals surface area contributed by atoms with Gasteiger partial charge in [-0.05, 0) is 68.1 Å². The summed E-state index contributed by atoms with van der Waals surface area (Å²) in [4.78, 5) is 26.3. The van der Waals surface area contributed by atoms with Crippen molar-refractivity contribution in [1.82, 2.24) is 10.2 Å². The maximum atomic E-state index is 12.4. The molecule has 1 aliphatic rings. The van der Waals surface area contributed by atoms with Gasteiger partial charge in [0.05, 0.1) is 5.56 Å². The maximum absolute atomic E-state index is 12.4. The summed E-state index contributed by atoms with van der Waals surface area (Å²) in [5.41, 5.74) is 0.141. The first-order valence-corrected chi connectivity index (χ1v) is 9.09. The second-order valence-electron chi connectivity index (χ2n) is 7.05. The van der Waals surface area contributed by atoms with E-state index in [1.54, 1.807) is 11.0 Å². The molecule has 1 N–H and O–H groups in total. The van der Waals surface area contributed by atoms with Gasteiger partial charge in [0.25, 0.3) is 5.91 Å². The van der Waals surface area contributed by atoms with Crippen LogP contribution in [-0.4, -0.2) is 41.6 Å². The van der Waals surface area contributed by atoms with E-state index in [2.05, 4.69) is 21.2 Å². The van der Waals surface area contributed by atoms with Crippen molar-refractivity contribution in [2.45, 2.75) is 51.7 Å². The number of rotatable bonds is 2. The third kappa shape index (κ3) is 5.51. The van der Waals surface area contributed by atoms with Crippen LogP contribution in [0.4, 0.5) is 4.79 Å². The zero-order chi connectivity index (χ0) is 17.7. The lowest BCUT2D eigenvalue weighted by atomic mass is 10.1. The van der Waals surface area contributed by atoms with Gasteiger partial charge in [0.15, 0.2) is 0 Å². The molecule has 132 valence electrons. The molecule has 0 spiro atoms. The van der Waals surface area contributed by atoms with Crippen LogP contribution in [0.15, 0.2) is 28.7 Å². The second kappa shape index (κ2) is 8.01. The molecule has 0 radical (unpaired) electrons. The fourth-order valence-electron chi connectivity index (χ4n) is 2.66. The number of likely N-dealkylation sites (tertiary alicyclic amines) is 1. The average Bonchev–Trinajstić information content (AvgIpc) is 2.71. The molecule has 0 bridgehead atoms. The highest BCUT2D eigenvalue weighted by Gasteiger charge is 2.26. The molecule has 2 rings (SSSR count). The number of hydrogen-bond donors (Lipinski definition) is 1. The van der Waals surface area contributed by atoms with Gasteiger partial charge in [-0.2, -0.15) is 0 Å². The zero-order valence-corrected chi connectivity index (χ0v) is 16.1. The molecule has 6 heteroatoms. The van der Waals surface area contributed by atoms with Crippen LogP contribution < -0.4 is 5.32 Å². The quantitative estimate of drug-likeness (QED) is 0.822. The van der Waals surface area contributed by atoms with E-state index in [0.29, 0.717) is 18.7 Å². The normalized spacial score (nSPS) is 18.7. The molecule has 1 aromatic carbocycles. The van der Waals surface area contributed by atoms with Crippen LogP contribution in [0.3, 0.4) is 0 Å². The largest absolute Gasteiger partial charge is 0.444 e. The van der Waals surface area contributed by atoms with Crippen LogP contribution in [-0.2, 0) is 4.74 Å². The second-order valence-corrected chi connectivity index (χ2v) is 7.90. The first-order chi connectivity index (χ1) is 11.3. The molecule has 1 unspecified atom stereocenters. The molecule has 1 saturated heterocycles. The predicted molar refractivity (Wildman–Crippen MR) is 97.1 cm³/mol. The molecule has 2 amide bonds. The van der Waals surface area contributed by atoms with Crippen LogP contribution >= 0.6 is 15.9 Å². The molecule has 0 aliphatic carbocycles. The fraction of sp³-hybridized carbons (Fsp3) is 0.556. The topological polar surface area (TPSA) is 58.6 Å². The number of amides is 2. The third-order valence-corrected chi connectivity index (χ3v) is 4.52. The number of carbonyl (C=O) groups is 2. The monoisotopic (exact) mass is 396 g/mol. The molecule has 24 heavy (non-hydrogen) atoms. The van der Waals surface area contributed by atoms with Gasteiger partial charge in [-0.3, -0.25) is 4.79 Å². The van der Waals surface area contributed by atoms with Gasteiger partial charge < -0.3 is 15.0 Å². The van der Waals surface area contributed by atoms with E-state index < -0.39 is 5.60 Å². The summed E-state index contributed by atoms with van der Waals surface area (Å²) in [6, 6.07) is 7.44. The standard InChI is InChI=1S/C18H25BrN2O3/c1-18(2,3)24-17(23)21-11-6-7-13(10-12-21)20-16(22)14-8-4-5-9-15(14)19/h4-5,8-9,13H,6-7,10-12H2,1-3H3,(H,20,22). The Hall–Kier alpha value is -1.56. The number of nitrogens with zero attached hydrogens (tertiary/aromatic N) is 1. The predicted octanol–water partition coefficient (Wildman–Crippen LogP) is 3.97. The molecule has 5 nitrogen and oxygen atoms in total. The number of benzene rings is 1. The minimum atomic E-state index is -0.489. The molecule has 1 fully saturated rings. The van der Waals surface area contributed by atoms with Crippen LogP contribution in [0.25, 0.3) is 0 Å². The number of ether oxygens (including phenoxy) is 1. The lowest BCUT2D eigenvalue weighted by molar-refractivity contribution is 0.0256. The van der Waals surface area contributed by atoms with E-state index in [4.69, 9.17) is 4.74 Å². The minimum Gasteiger partial charge on any atom is -0.444 e. The Morgan fingerprint density at radius 1 is 1.21 bits per heavy atom. The summed E-state index contributed by atoms with van der Waals surface area (Å²) in [5, 5.41) is 3.08. The van der Waals surface area contributed by atoms with Crippen LogP contribution in [0.1, 0.15) is 50.4 Å². The van der Waals surface area contributed by atoms with E-state index in [1.165, 1.54) is 0 Å². The van der Waals surface area contributed by atoms with E-state index in [9.17, 15) is 9.59 Å². The van der Waals surface area contributed by atoms with Crippen molar-refractivity contribution < 1.29 is 14.3 Å². The first-order valence-electron chi connectivity index (χ1n) is 8.29. The van der Waals surface area contributed by atoms with Crippen LogP contribution in [0, 0.1) is 0 Å². The van der Waals surface area contributed by atoms with E-state index >= 15 is 0 Å². The highest BCUT2D eigenvalue weighted by Crippen LogP contribution is 2.18. The number of carbonyl (C=O) groups excluding carboxylic acids is 2. The summed E-state index contributed by atoms with van der Waals surface area (Å²) < 4.78 is 6.21. The maximum Gasteiger partial charge on any atom is 0.410 e. The fourth-order valence-corrected chi connectivity index (χ4v) is 3.12. The Labute approximate surface area is 151 Å². The molecule has 1 atom stereocenters. The summed E-state index contributed by atoms with van der Waals surface area (Å²) in [5.74, 6) is -0.0850. The van der Waals surface area contributed by atoms with Gasteiger partial charge in [0.2, 0.25) is 0 Å². The summed E-state index contributed by atoms with van der Waals surface area (Å²) >= 11 is 3.40. The summed E-state index contributed by atoms with van der Waals surface area (Å²) in [7, 11) is 0. The van der Waals surface area contributed by atoms with Crippen molar-refractivity contribution in [3.8, 4) is 0 Å². The Morgan fingerprint density at radius 3 is 2.58 bits per heavy atom. The highest BCUT2D eigenvalue weighted by molar-refractivity contribution is 9.10. The van der Waals surface area contributed by atoms with Gasteiger partial charge in [0.1, 0.15) is 5.60 Å². The smallest absolute Gasteiger partial charge is 0.410 e. The molecule has 0 aromatic heterocycles. The van der Waals surface area contributed by atoms with Gasteiger partial charge >= 0.3 is 6.09 Å². The molecular formula is C18H25BrN2O3. The van der Waals surface area contributed by atoms with Crippen molar-refractivity contribution in [1.29, 1.82) is 0 Å². The number of halogens is 1. The van der Waals surface area contributed by atoms with E-state index in [0.717, 1.165) is 23.7 Å².